The maximum Gasteiger partial charge on any atom is 0.232 e. The first-order chi connectivity index (χ1) is 8.97. The minimum atomic E-state index is -0.489. The van der Waals surface area contributed by atoms with Crippen LogP contribution in [0.2, 0.25) is 0 Å². The first-order valence-corrected chi connectivity index (χ1v) is 7.62. The summed E-state index contributed by atoms with van der Waals surface area (Å²) in [5, 5.41) is 9.23. The summed E-state index contributed by atoms with van der Waals surface area (Å²) >= 11 is 1.64. The highest BCUT2D eigenvalue weighted by atomic mass is 32.2. The second kappa shape index (κ2) is 7.56. The van der Waals surface area contributed by atoms with Crippen molar-refractivity contribution >= 4 is 17.7 Å². The molecule has 1 rings (SSSR count). The second-order valence-electron chi connectivity index (χ2n) is 5.21. The summed E-state index contributed by atoms with van der Waals surface area (Å²) in [6, 6.07) is 10.3. The van der Waals surface area contributed by atoms with Crippen LogP contribution in [-0.4, -0.2) is 46.6 Å². The summed E-state index contributed by atoms with van der Waals surface area (Å²) in [5.41, 5.74) is 0.809. The van der Waals surface area contributed by atoms with Crippen molar-refractivity contribution in [3.8, 4) is 0 Å². The van der Waals surface area contributed by atoms with Gasteiger partial charge in [-0.15, -0.1) is 0 Å². The number of carbonyl (C=O) groups excluding carboxylic acids is 1. The molecular weight excluding hydrogens is 258 g/mol. The van der Waals surface area contributed by atoms with Crippen molar-refractivity contribution < 1.29 is 9.90 Å². The molecule has 0 radical (unpaired) electrons. The van der Waals surface area contributed by atoms with Crippen LogP contribution in [0.5, 0.6) is 0 Å². The van der Waals surface area contributed by atoms with Gasteiger partial charge in [0.2, 0.25) is 5.91 Å². The third-order valence-corrected chi connectivity index (χ3v) is 4.22. The van der Waals surface area contributed by atoms with E-state index in [0.717, 1.165) is 12.2 Å². The van der Waals surface area contributed by atoms with Crippen LogP contribution in [0.4, 0.5) is 0 Å². The van der Waals surface area contributed by atoms with E-state index < -0.39 is 5.54 Å². The molecule has 4 heteroatoms. The zero-order chi connectivity index (χ0) is 14.3. The lowest BCUT2D eigenvalue weighted by Gasteiger charge is -2.33. The Kier molecular flexibility index (Phi) is 6.38. The molecule has 0 aliphatic rings. The average Bonchev–Trinajstić information content (AvgIpc) is 2.43. The molecule has 0 spiro atoms. The molecule has 0 aliphatic heterocycles. The number of aliphatic hydroxyl groups is 1. The highest BCUT2D eigenvalue weighted by Gasteiger charge is 2.26. The van der Waals surface area contributed by atoms with Crippen LogP contribution in [0, 0.1) is 0 Å². The largest absolute Gasteiger partial charge is 0.394 e. The van der Waals surface area contributed by atoms with Crippen LogP contribution in [0.3, 0.4) is 0 Å². The van der Waals surface area contributed by atoms with E-state index >= 15 is 0 Å². The number of thioether (sulfide) groups is 1. The molecule has 0 saturated heterocycles. The lowest BCUT2D eigenvalue weighted by Crippen LogP contribution is -2.48. The van der Waals surface area contributed by atoms with Gasteiger partial charge in [-0.05, 0) is 31.6 Å². The summed E-state index contributed by atoms with van der Waals surface area (Å²) in [6.45, 7) is 3.70. The lowest BCUT2D eigenvalue weighted by molar-refractivity contribution is -0.133. The Morgan fingerprint density at radius 3 is 2.53 bits per heavy atom. The van der Waals surface area contributed by atoms with Crippen molar-refractivity contribution in [1.29, 1.82) is 0 Å². The molecule has 0 unspecified atom stereocenters. The molecule has 0 aliphatic carbocycles. The van der Waals surface area contributed by atoms with Gasteiger partial charge in [0.05, 0.1) is 17.9 Å². The first kappa shape index (κ1) is 16.1. The fourth-order valence-electron chi connectivity index (χ4n) is 1.53. The number of likely N-dealkylation sites (N-methyl/N-ethyl adjacent to an activating group) is 1. The third-order valence-electron chi connectivity index (χ3n) is 3.27. The van der Waals surface area contributed by atoms with Gasteiger partial charge >= 0.3 is 0 Å². The highest BCUT2D eigenvalue weighted by Crippen LogP contribution is 2.14. The molecule has 0 fully saturated rings. The van der Waals surface area contributed by atoms with E-state index in [4.69, 9.17) is 0 Å². The number of hydrogen-bond acceptors (Lipinski definition) is 3. The predicted molar refractivity (Wildman–Crippen MR) is 81.4 cm³/mol. The number of benzene rings is 1. The quantitative estimate of drug-likeness (QED) is 0.779. The summed E-state index contributed by atoms with van der Waals surface area (Å²) in [6.07, 6.45) is 0.978. The van der Waals surface area contributed by atoms with Crippen molar-refractivity contribution in [2.45, 2.75) is 25.8 Å². The smallest absolute Gasteiger partial charge is 0.232 e. The Morgan fingerprint density at radius 1 is 1.32 bits per heavy atom. The Balaban J connectivity index is 2.28. The Bertz CT molecular complexity index is 392. The molecule has 0 heterocycles. The molecule has 1 aromatic carbocycles. The van der Waals surface area contributed by atoms with E-state index in [0.29, 0.717) is 5.75 Å². The minimum absolute atomic E-state index is 0.0239. The van der Waals surface area contributed by atoms with Gasteiger partial charge in [-0.25, -0.2) is 0 Å². The van der Waals surface area contributed by atoms with Crippen molar-refractivity contribution in [1.82, 2.24) is 4.90 Å². The van der Waals surface area contributed by atoms with E-state index in [-0.39, 0.29) is 12.5 Å². The van der Waals surface area contributed by atoms with E-state index in [1.807, 2.05) is 32.0 Å². The number of nitrogens with zero attached hydrogens (tertiary/aromatic N) is 1. The molecule has 0 aromatic heterocycles. The molecule has 19 heavy (non-hydrogen) atoms. The van der Waals surface area contributed by atoms with Crippen LogP contribution in [0.15, 0.2) is 30.3 Å². The first-order valence-electron chi connectivity index (χ1n) is 6.46. The molecule has 106 valence electrons. The van der Waals surface area contributed by atoms with E-state index in [1.54, 1.807) is 23.7 Å². The van der Waals surface area contributed by atoms with Gasteiger partial charge < -0.3 is 10.0 Å². The topological polar surface area (TPSA) is 40.5 Å². The average molecular weight is 281 g/mol. The van der Waals surface area contributed by atoms with Gasteiger partial charge in [0.25, 0.3) is 0 Å². The normalized spacial score (nSPS) is 11.4. The monoisotopic (exact) mass is 281 g/mol. The molecule has 3 nitrogen and oxygen atoms in total. The molecule has 1 N–H and O–H groups in total. The Labute approximate surface area is 120 Å². The van der Waals surface area contributed by atoms with Crippen molar-refractivity contribution in [3.63, 3.8) is 0 Å². The standard InChI is InChI=1S/C15H23NO2S/c1-15(2,12-17)16(3)14(18)11-19-10-9-13-7-5-4-6-8-13/h4-8,17H,9-12H2,1-3H3. The fourth-order valence-corrected chi connectivity index (χ4v) is 2.43. The van der Waals surface area contributed by atoms with Crippen LogP contribution >= 0.6 is 11.8 Å². The Morgan fingerprint density at radius 2 is 1.95 bits per heavy atom. The van der Waals surface area contributed by atoms with Gasteiger partial charge in [0, 0.05) is 7.05 Å². The maximum absolute atomic E-state index is 12.0. The SMILES string of the molecule is CN(C(=O)CSCCc1ccccc1)C(C)(C)CO. The zero-order valence-electron chi connectivity index (χ0n) is 11.9. The summed E-state index contributed by atoms with van der Waals surface area (Å²) in [5.74, 6) is 1.47. The van der Waals surface area contributed by atoms with Crippen molar-refractivity contribution in [3.05, 3.63) is 35.9 Å². The highest BCUT2D eigenvalue weighted by molar-refractivity contribution is 7.99. The third kappa shape index (κ3) is 5.25. The van der Waals surface area contributed by atoms with Crippen molar-refractivity contribution in [2.24, 2.45) is 0 Å². The number of rotatable bonds is 7. The number of aliphatic hydroxyl groups excluding tert-OH is 1. The predicted octanol–water partition coefficient (Wildman–Crippen LogP) is 2.19. The molecule has 1 aromatic rings. The number of aryl methyl sites for hydroxylation is 1. The van der Waals surface area contributed by atoms with Gasteiger partial charge in [-0.3, -0.25) is 4.79 Å². The van der Waals surface area contributed by atoms with E-state index in [1.165, 1.54) is 5.56 Å². The zero-order valence-corrected chi connectivity index (χ0v) is 12.7. The second-order valence-corrected chi connectivity index (χ2v) is 6.32. The van der Waals surface area contributed by atoms with Crippen molar-refractivity contribution in [2.75, 3.05) is 25.2 Å². The summed E-state index contributed by atoms with van der Waals surface area (Å²) < 4.78 is 0. The summed E-state index contributed by atoms with van der Waals surface area (Å²) in [4.78, 5) is 13.6. The minimum Gasteiger partial charge on any atom is -0.394 e. The van der Waals surface area contributed by atoms with Crippen LogP contribution in [0.25, 0.3) is 0 Å². The Hall–Kier alpha value is -1.00. The number of amides is 1. The van der Waals surface area contributed by atoms with Crippen LogP contribution in [-0.2, 0) is 11.2 Å². The van der Waals surface area contributed by atoms with Crippen LogP contribution in [0.1, 0.15) is 19.4 Å². The van der Waals surface area contributed by atoms with Gasteiger partial charge in [0.15, 0.2) is 0 Å². The van der Waals surface area contributed by atoms with E-state index in [9.17, 15) is 9.90 Å². The fraction of sp³-hybridized carbons (Fsp3) is 0.533. The van der Waals surface area contributed by atoms with Gasteiger partial charge in [0.1, 0.15) is 0 Å². The van der Waals surface area contributed by atoms with Gasteiger partial charge in [-0.2, -0.15) is 11.8 Å². The lowest BCUT2D eigenvalue weighted by atomic mass is 10.1. The molecule has 1 amide bonds. The summed E-state index contributed by atoms with van der Waals surface area (Å²) in [7, 11) is 1.75. The van der Waals surface area contributed by atoms with Gasteiger partial charge in [-0.1, -0.05) is 30.3 Å². The van der Waals surface area contributed by atoms with E-state index in [2.05, 4.69) is 12.1 Å². The van der Waals surface area contributed by atoms with Crippen LogP contribution < -0.4 is 0 Å². The number of carbonyl (C=O) groups is 1. The molecule has 0 saturated carbocycles. The number of hydrogen-bond donors (Lipinski definition) is 1. The molecule has 0 atom stereocenters. The maximum atomic E-state index is 12.0. The molecular formula is C15H23NO2S. The molecule has 0 bridgehead atoms.